The number of amides is 1. The van der Waals surface area contributed by atoms with Crippen LogP contribution in [0.5, 0.6) is 0 Å². The molecule has 1 unspecified atom stereocenters. The van der Waals surface area contributed by atoms with Gasteiger partial charge in [0.2, 0.25) is 0 Å². The maximum Gasteiger partial charge on any atom is 0.254 e. The van der Waals surface area contributed by atoms with Gasteiger partial charge in [0.1, 0.15) is 0 Å². The number of carbonyl (C=O) groups is 1. The number of nitrogens with zero attached hydrogens (tertiary/aromatic N) is 3. The van der Waals surface area contributed by atoms with Crippen molar-refractivity contribution in [3.8, 4) is 0 Å². The third-order valence-corrected chi connectivity index (χ3v) is 5.68. The van der Waals surface area contributed by atoms with E-state index in [4.69, 9.17) is 0 Å². The first-order chi connectivity index (χ1) is 11.8. The smallest absolute Gasteiger partial charge is 0.254 e. The van der Waals surface area contributed by atoms with Gasteiger partial charge in [-0.3, -0.25) is 4.79 Å². The van der Waals surface area contributed by atoms with Crippen molar-refractivity contribution in [2.24, 2.45) is 10.2 Å². The van der Waals surface area contributed by atoms with E-state index >= 15 is 0 Å². The maximum atomic E-state index is 13.1. The SMILES string of the molecule is O=C(c1ccc2c(c1)N=NC2)N1CCCC2c3ccccc3C[C@@H]21. The van der Waals surface area contributed by atoms with E-state index in [9.17, 15) is 4.79 Å². The molecule has 0 radical (unpaired) electrons. The summed E-state index contributed by atoms with van der Waals surface area (Å²) in [6, 6.07) is 14.8. The van der Waals surface area contributed by atoms with Gasteiger partial charge >= 0.3 is 0 Å². The number of hydrogen-bond donors (Lipinski definition) is 0. The minimum atomic E-state index is 0.141. The Bertz CT molecular complexity index is 858. The third-order valence-electron chi connectivity index (χ3n) is 5.68. The van der Waals surface area contributed by atoms with Crippen LogP contribution in [0, 0.1) is 0 Å². The van der Waals surface area contributed by atoms with E-state index < -0.39 is 0 Å². The predicted octanol–water partition coefficient (Wildman–Crippen LogP) is 4.23. The second-order valence-corrected chi connectivity index (χ2v) is 6.96. The molecular weight excluding hydrogens is 298 g/mol. The van der Waals surface area contributed by atoms with Crippen molar-refractivity contribution in [2.75, 3.05) is 6.54 Å². The lowest BCUT2D eigenvalue weighted by atomic mass is 9.88. The number of rotatable bonds is 1. The van der Waals surface area contributed by atoms with Gasteiger partial charge in [-0.05, 0) is 42.5 Å². The van der Waals surface area contributed by atoms with Crippen LogP contribution >= 0.6 is 0 Å². The Kier molecular flexibility index (Phi) is 3.05. The van der Waals surface area contributed by atoms with Crippen LogP contribution < -0.4 is 0 Å². The standard InChI is InChI=1S/C20H19N3O/c24-20(14-7-8-15-12-21-22-18(15)10-14)23-9-3-6-17-16-5-2-1-4-13(16)11-19(17)23/h1-2,4-5,7-8,10,17,19H,3,6,9,11-12H2/t17?,19-/m0/s1. The van der Waals surface area contributed by atoms with E-state index in [2.05, 4.69) is 39.4 Å². The van der Waals surface area contributed by atoms with Gasteiger partial charge in [0, 0.05) is 29.6 Å². The second kappa shape index (κ2) is 5.26. The van der Waals surface area contributed by atoms with Crippen molar-refractivity contribution in [3.63, 3.8) is 0 Å². The summed E-state index contributed by atoms with van der Waals surface area (Å²) in [7, 11) is 0. The minimum absolute atomic E-state index is 0.141. The Morgan fingerprint density at radius 2 is 2.04 bits per heavy atom. The monoisotopic (exact) mass is 317 g/mol. The Balaban J connectivity index is 1.47. The summed E-state index contributed by atoms with van der Waals surface area (Å²) in [4.78, 5) is 15.2. The average Bonchev–Trinajstić information content (AvgIpc) is 3.24. The first-order valence-corrected chi connectivity index (χ1v) is 8.70. The van der Waals surface area contributed by atoms with Crippen LogP contribution in [0.4, 0.5) is 5.69 Å². The number of benzene rings is 2. The zero-order valence-corrected chi connectivity index (χ0v) is 13.5. The zero-order valence-electron chi connectivity index (χ0n) is 13.5. The highest BCUT2D eigenvalue weighted by atomic mass is 16.2. The van der Waals surface area contributed by atoms with Crippen LogP contribution in [-0.4, -0.2) is 23.4 Å². The van der Waals surface area contributed by atoms with Gasteiger partial charge in [0.15, 0.2) is 0 Å². The molecule has 0 saturated carbocycles. The minimum Gasteiger partial charge on any atom is -0.335 e. The highest BCUT2D eigenvalue weighted by molar-refractivity contribution is 5.95. The van der Waals surface area contributed by atoms with E-state index in [1.54, 1.807) is 0 Å². The molecule has 0 N–H and O–H groups in total. The fourth-order valence-corrected chi connectivity index (χ4v) is 4.51. The summed E-state index contributed by atoms with van der Waals surface area (Å²) in [6.07, 6.45) is 3.24. The summed E-state index contributed by atoms with van der Waals surface area (Å²) in [5.74, 6) is 0.635. The van der Waals surface area contributed by atoms with Gasteiger partial charge < -0.3 is 4.90 Å². The highest BCUT2D eigenvalue weighted by Crippen LogP contribution is 2.42. The molecule has 1 saturated heterocycles. The summed E-state index contributed by atoms with van der Waals surface area (Å²) in [5.41, 5.74) is 5.56. The number of hydrogen-bond acceptors (Lipinski definition) is 3. The third kappa shape index (κ3) is 2.02. The molecule has 1 fully saturated rings. The summed E-state index contributed by atoms with van der Waals surface area (Å²) in [5, 5.41) is 8.19. The van der Waals surface area contributed by atoms with Crippen LogP contribution in [0.1, 0.15) is 45.8 Å². The van der Waals surface area contributed by atoms with E-state index in [1.807, 2.05) is 18.2 Å². The van der Waals surface area contributed by atoms with Crippen molar-refractivity contribution < 1.29 is 4.79 Å². The molecule has 2 atom stereocenters. The predicted molar refractivity (Wildman–Crippen MR) is 91.6 cm³/mol. The van der Waals surface area contributed by atoms with Gasteiger partial charge in [0.25, 0.3) is 5.91 Å². The highest BCUT2D eigenvalue weighted by Gasteiger charge is 2.40. The maximum absolute atomic E-state index is 13.1. The fraction of sp³-hybridized carbons (Fsp3) is 0.350. The normalized spacial score (nSPS) is 23.8. The molecule has 120 valence electrons. The Labute approximate surface area is 141 Å². The fourth-order valence-electron chi connectivity index (χ4n) is 4.51. The van der Waals surface area contributed by atoms with Gasteiger partial charge in [-0.15, -0.1) is 0 Å². The topological polar surface area (TPSA) is 45.0 Å². The van der Waals surface area contributed by atoms with Crippen LogP contribution in [0.2, 0.25) is 0 Å². The van der Waals surface area contributed by atoms with Gasteiger partial charge in [0.05, 0.1) is 12.2 Å². The van der Waals surface area contributed by atoms with Gasteiger partial charge in [-0.2, -0.15) is 10.2 Å². The van der Waals surface area contributed by atoms with Crippen LogP contribution in [-0.2, 0) is 13.0 Å². The Morgan fingerprint density at radius 3 is 3.00 bits per heavy atom. The van der Waals surface area contributed by atoms with Crippen LogP contribution in [0.3, 0.4) is 0 Å². The number of carbonyl (C=O) groups excluding carboxylic acids is 1. The molecule has 1 aliphatic carbocycles. The van der Waals surface area contributed by atoms with Crippen molar-refractivity contribution >= 4 is 11.6 Å². The van der Waals surface area contributed by atoms with Crippen molar-refractivity contribution in [3.05, 3.63) is 64.7 Å². The van der Waals surface area contributed by atoms with E-state index in [0.29, 0.717) is 18.5 Å². The van der Waals surface area contributed by atoms with Crippen LogP contribution in [0.15, 0.2) is 52.7 Å². The van der Waals surface area contributed by atoms with Gasteiger partial charge in [-0.1, -0.05) is 30.3 Å². The number of fused-ring (bicyclic) bond motifs is 4. The summed E-state index contributed by atoms with van der Waals surface area (Å²) >= 11 is 0. The molecule has 2 aliphatic heterocycles. The summed E-state index contributed by atoms with van der Waals surface area (Å²) < 4.78 is 0. The summed E-state index contributed by atoms with van der Waals surface area (Å²) in [6.45, 7) is 1.49. The first-order valence-electron chi connectivity index (χ1n) is 8.70. The van der Waals surface area contributed by atoms with E-state index in [-0.39, 0.29) is 5.91 Å². The molecule has 24 heavy (non-hydrogen) atoms. The largest absolute Gasteiger partial charge is 0.335 e. The average molecular weight is 317 g/mol. The zero-order chi connectivity index (χ0) is 16.1. The molecule has 1 amide bonds. The molecule has 4 nitrogen and oxygen atoms in total. The molecular formula is C20H19N3O. The van der Waals surface area contributed by atoms with Gasteiger partial charge in [-0.25, -0.2) is 0 Å². The number of azo groups is 1. The molecule has 5 rings (SSSR count). The Morgan fingerprint density at radius 1 is 1.12 bits per heavy atom. The van der Waals surface area contributed by atoms with E-state index in [1.165, 1.54) is 17.5 Å². The van der Waals surface area contributed by atoms with Crippen molar-refractivity contribution in [1.29, 1.82) is 0 Å². The molecule has 4 heteroatoms. The number of piperidine rings is 1. The molecule has 3 aliphatic rings. The molecule has 0 bridgehead atoms. The lowest BCUT2D eigenvalue weighted by Crippen LogP contribution is -2.46. The molecule has 2 aromatic rings. The molecule has 0 spiro atoms. The van der Waals surface area contributed by atoms with Crippen LogP contribution in [0.25, 0.3) is 0 Å². The van der Waals surface area contributed by atoms with E-state index in [0.717, 1.165) is 36.2 Å². The molecule has 2 aromatic carbocycles. The lowest BCUT2D eigenvalue weighted by molar-refractivity contribution is 0.0595. The quantitative estimate of drug-likeness (QED) is 0.776. The van der Waals surface area contributed by atoms with Crippen molar-refractivity contribution in [2.45, 2.75) is 37.8 Å². The molecule has 0 aromatic heterocycles. The lowest BCUT2D eigenvalue weighted by Gasteiger charge is -2.38. The second-order valence-electron chi connectivity index (χ2n) is 6.96. The molecule has 2 heterocycles. The van der Waals surface area contributed by atoms with Crippen molar-refractivity contribution in [1.82, 2.24) is 4.90 Å². The Hall–Kier alpha value is -2.49. The first kappa shape index (κ1) is 13.9. The number of likely N-dealkylation sites (tertiary alicyclic amines) is 1.